The summed E-state index contributed by atoms with van der Waals surface area (Å²) in [5.74, 6) is -0.933. The molecule has 0 aliphatic rings. The maximum absolute atomic E-state index is 13.4. The topological polar surface area (TPSA) is 75.4 Å². The van der Waals surface area contributed by atoms with Gasteiger partial charge in [-0.2, -0.15) is 0 Å². The zero-order valence-electron chi connectivity index (χ0n) is 16.0. The van der Waals surface area contributed by atoms with E-state index < -0.39 is 11.8 Å². The van der Waals surface area contributed by atoms with Gasteiger partial charge >= 0.3 is 5.97 Å². The summed E-state index contributed by atoms with van der Waals surface area (Å²) in [6, 6.07) is 11.1. The van der Waals surface area contributed by atoms with Crippen molar-refractivity contribution in [3.63, 3.8) is 0 Å². The molecule has 5 nitrogen and oxygen atoms in total. The van der Waals surface area contributed by atoms with Gasteiger partial charge in [0.15, 0.2) is 5.15 Å². The largest absolute Gasteiger partial charge is 0.478 e. The van der Waals surface area contributed by atoms with Gasteiger partial charge in [0.25, 0.3) is 0 Å². The number of aromatic nitrogens is 2. The minimum absolute atomic E-state index is 0.0800. The number of benzene rings is 2. The van der Waals surface area contributed by atoms with Gasteiger partial charge in [-0.3, -0.25) is 0 Å². The molecule has 0 fully saturated rings. The van der Waals surface area contributed by atoms with E-state index in [1.165, 1.54) is 12.1 Å². The Morgan fingerprint density at radius 3 is 2.55 bits per heavy atom. The van der Waals surface area contributed by atoms with Crippen molar-refractivity contribution in [3.05, 3.63) is 76.1 Å². The summed E-state index contributed by atoms with van der Waals surface area (Å²) >= 11 is 6.18. The third kappa shape index (κ3) is 4.66. The van der Waals surface area contributed by atoms with Gasteiger partial charge in [-0.05, 0) is 35.2 Å². The van der Waals surface area contributed by atoms with Crippen LogP contribution in [0.5, 0.6) is 0 Å². The van der Waals surface area contributed by atoms with Crippen molar-refractivity contribution in [2.24, 2.45) is 0 Å². The Hall–Kier alpha value is -2.70. The molecule has 0 saturated carbocycles. The lowest BCUT2D eigenvalue weighted by Gasteiger charge is -2.12. The molecule has 7 heteroatoms. The van der Waals surface area contributed by atoms with Crippen LogP contribution in [0.25, 0.3) is 11.1 Å². The van der Waals surface area contributed by atoms with Crippen molar-refractivity contribution in [3.8, 4) is 11.1 Å². The molecule has 1 heterocycles. The van der Waals surface area contributed by atoms with E-state index in [1.807, 2.05) is 16.7 Å². The number of carboxylic acid groups (broad SMARTS) is 1. The third-order valence-electron chi connectivity index (χ3n) is 4.82. The van der Waals surface area contributed by atoms with E-state index in [2.05, 4.69) is 11.9 Å². The number of aryl methyl sites for hydroxylation is 1. The van der Waals surface area contributed by atoms with Crippen molar-refractivity contribution in [2.75, 3.05) is 0 Å². The summed E-state index contributed by atoms with van der Waals surface area (Å²) < 4.78 is 15.4. The van der Waals surface area contributed by atoms with E-state index in [9.17, 15) is 19.4 Å². The fourth-order valence-corrected chi connectivity index (χ4v) is 3.55. The fraction of sp³-hybridized carbons (Fsp3) is 0.273. The zero-order chi connectivity index (χ0) is 21.0. The molecular formula is C22H22ClFN2O3. The number of aliphatic hydroxyl groups excluding tert-OH is 1. The standard InChI is InChI=1S/C22H22ClFN2O3/c1-2-3-4-20-25-21(23)19(13-27)26(20)12-14-5-7-15(8-6-14)17-10-9-16(24)11-18(17)22(28)29/h5-11,27H,2-4,12-13H2,1H3,(H,28,29). The molecule has 3 rings (SSSR count). The molecule has 29 heavy (non-hydrogen) atoms. The molecule has 0 unspecified atom stereocenters. The van der Waals surface area contributed by atoms with Crippen molar-refractivity contribution in [1.29, 1.82) is 0 Å². The number of carboxylic acids is 1. The Bertz CT molecular complexity index is 1020. The average Bonchev–Trinajstić information content (AvgIpc) is 3.01. The SMILES string of the molecule is CCCCc1nc(Cl)c(CO)n1Cc1ccc(-c2ccc(F)cc2C(=O)O)cc1. The summed E-state index contributed by atoms with van der Waals surface area (Å²) in [5.41, 5.74) is 2.59. The second kappa shape index (κ2) is 9.20. The molecule has 3 aromatic rings. The van der Waals surface area contributed by atoms with Crippen LogP contribution in [0.2, 0.25) is 5.15 Å². The predicted molar refractivity (Wildman–Crippen MR) is 110 cm³/mol. The predicted octanol–water partition coefficient (Wildman–Crippen LogP) is 4.92. The lowest BCUT2D eigenvalue weighted by Crippen LogP contribution is -2.09. The molecule has 0 bridgehead atoms. The molecule has 0 atom stereocenters. The molecule has 0 spiro atoms. The molecule has 0 saturated heterocycles. The van der Waals surface area contributed by atoms with Gasteiger partial charge in [0.05, 0.1) is 17.9 Å². The Morgan fingerprint density at radius 2 is 1.93 bits per heavy atom. The molecule has 152 valence electrons. The average molecular weight is 417 g/mol. The Kier molecular flexibility index (Phi) is 6.67. The molecule has 2 aromatic carbocycles. The number of aromatic carboxylic acids is 1. The lowest BCUT2D eigenvalue weighted by molar-refractivity contribution is 0.0697. The van der Waals surface area contributed by atoms with Crippen LogP contribution in [-0.2, 0) is 19.6 Å². The lowest BCUT2D eigenvalue weighted by atomic mass is 9.98. The van der Waals surface area contributed by atoms with E-state index in [-0.39, 0.29) is 12.2 Å². The van der Waals surface area contributed by atoms with Gasteiger partial charge < -0.3 is 14.8 Å². The van der Waals surface area contributed by atoms with Gasteiger partial charge in [-0.25, -0.2) is 14.2 Å². The van der Waals surface area contributed by atoms with Crippen LogP contribution in [-0.4, -0.2) is 25.7 Å². The van der Waals surface area contributed by atoms with Crippen molar-refractivity contribution < 1.29 is 19.4 Å². The summed E-state index contributed by atoms with van der Waals surface area (Å²) in [7, 11) is 0. The van der Waals surface area contributed by atoms with Crippen molar-refractivity contribution in [2.45, 2.75) is 39.3 Å². The number of rotatable bonds is 8. The molecule has 2 N–H and O–H groups in total. The number of aliphatic hydroxyl groups is 1. The summed E-state index contributed by atoms with van der Waals surface area (Å²) in [5, 5.41) is 19.3. The quantitative estimate of drug-likeness (QED) is 0.546. The summed E-state index contributed by atoms with van der Waals surface area (Å²) in [4.78, 5) is 15.8. The maximum atomic E-state index is 13.4. The van der Waals surface area contributed by atoms with Crippen LogP contribution < -0.4 is 0 Å². The zero-order valence-corrected chi connectivity index (χ0v) is 16.8. The van der Waals surface area contributed by atoms with E-state index in [4.69, 9.17) is 11.6 Å². The third-order valence-corrected chi connectivity index (χ3v) is 5.13. The number of hydrogen-bond donors (Lipinski definition) is 2. The van der Waals surface area contributed by atoms with E-state index in [1.54, 1.807) is 12.1 Å². The highest BCUT2D eigenvalue weighted by Gasteiger charge is 2.16. The molecule has 0 amide bonds. The highest BCUT2D eigenvalue weighted by Crippen LogP contribution is 2.26. The van der Waals surface area contributed by atoms with E-state index in [0.717, 1.165) is 36.7 Å². The van der Waals surface area contributed by atoms with Crippen LogP contribution in [0.1, 0.15) is 47.2 Å². The van der Waals surface area contributed by atoms with Crippen LogP contribution in [0, 0.1) is 5.82 Å². The minimum Gasteiger partial charge on any atom is -0.478 e. The Labute approximate surface area is 173 Å². The molecule has 0 radical (unpaired) electrons. The molecular weight excluding hydrogens is 395 g/mol. The Morgan fingerprint density at radius 1 is 1.21 bits per heavy atom. The second-order valence-electron chi connectivity index (χ2n) is 6.81. The van der Waals surface area contributed by atoms with Crippen LogP contribution in [0.15, 0.2) is 42.5 Å². The first-order chi connectivity index (χ1) is 13.9. The van der Waals surface area contributed by atoms with Gasteiger partial charge in [-0.1, -0.05) is 55.3 Å². The van der Waals surface area contributed by atoms with Gasteiger partial charge in [0.1, 0.15) is 11.6 Å². The fourth-order valence-electron chi connectivity index (χ4n) is 3.29. The smallest absolute Gasteiger partial charge is 0.336 e. The second-order valence-corrected chi connectivity index (χ2v) is 7.16. The molecule has 1 aromatic heterocycles. The summed E-state index contributed by atoms with van der Waals surface area (Å²) in [6.45, 7) is 2.39. The van der Waals surface area contributed by atoms with Crippen molar-refractivity contribution >= 4 is 17.6 Å². The van der Waals surface area contributed by atoms with Crippen molar-refractivity contribution in [1.82, 2.24) is 9.55 Å². The monoisotopic (exact) mass is 416 g/mol. The molecule has 0 aliphatic carbocycles. The first kappa shape index (κ1) is 21.0. The van der Waals surface area contributed by atoms with E-state index >= 15 is 0 Å². The first-order valence-electron chi connectivity index (χ1n) is 9.41. The Balaban J connectivity index is 1.90. The van der Waals surface area contributed by atoms with Gasteiger partial charge in [-0.15, -0.1) is 0 Å². The maximum Gasteiger partial charge on any atom is 0.336 e. The number of unbranched alkanes of at least 4 members (excludes halogenated alkanes) is 1. The van der Waals surface area contributed by atoms with Crippen LogP contribution in [0.4, 0.5) is 4.39 Å². The number of halogens is 2. The van der Waals surface area contributed by atoms with Crippen LogP contribution in [0.3, 0.4) is 0 Å². The van der Waals surface area contributed by atoms with Gasteiger partial charge in [0.2, 0.25) is 0 Å². The minimum atomic E-state index is -1.18. The van der Waals surface area contributed by atoms with Gasteiger partial charge in [0, 0.05) is 13.0 Å². The number of imidazole rings is 1. The number of hydrogen-bond acceptors (Lipinski definition) is 3. The highest BCUT2D eigenvalue weighted by atomic mass is 35.5. The number of carbonyl (C=O) groups is 1. The van der Waals surface area contributed by atoms with E-state index in [0.29, 0.717) is 28.5 Å². The molecule has 0 aliphatic heterocycles. The van der Waals surface area contributed by atoms with Crippen LogP contribution >= 0.6 is 11.6 Å². The number of nitrogens with zero attached hydrogens (tertiary/aromatic N) is 2. The normalized spacial score (nSPS) is 11.0. The summed E-state index contributed by atoms with van der Waals surface area (Å²) in [6.07, 6.45) is 2.77. The highest BCUT2D eigenvalue weighted by molar-refractivity contribution is 6.30. The first-order valence-corrected chi connectivity index (χ1v) is 9.79.